The maximum Gasteiger partial charge on any atom is 0.0365 e. The van der Waals surface area contributed by atoms with E-state index in [9.17, 15) is 0 Å². The van der Waals surface area contributed by atoms with Gasteiger partial charge in [-0.15, -0.1) is 0 Å². The molecule has 0 aromatic rings. The second-order valence-corrected chi connectivity index (χ2v) is 7.44. The van der Waals surface area contributed by atoms with E-state index in [1.807, 2.05) is 0 Å². The topological polar surface area (TPSA) is 15.3 Å². The van der Waals surface area contributed by atoms with Crippen LogP contribution in [0.25, 0.3) is 0 Å². The average Bonchev–Trinajstić information content (AvgIpc) is 3.18. The Balaban J connectivity index is 1.81. The molecule has 1 N–H and O–H groups in total. The molecule has 116 valence electrons. The van der Waals surface area contributed by atoms with Gasteiger partial charge in [0.15, 0.2) is 0 Å². The van der Waals surface area contributed by atoms with Gasteiger partial charge in [0.25, 0.3) is 0 Å². The van der Waals surface area contributed by atoms with Crippen LogP contribution in [0.15, 0.2) is 0 Å². The van der Waals surface area contributed by atoms with Crippen LogP contribution >= 0.6 is 0 Å². The first kappa shape index (κ1) is 14.8. The molecule has 0 spiro atoms. The number of hydrogen-bond acceptors (Lipinski definition) is 2. The molecule has 0 amide bonds. The molecular formula is C18H34N2. The Hall–Kier alpha value is -0.0800. The van der Waals surface area contributed by atoms with Gasteiger partial charge in [0.05, 0.1) is 0 Å². The number of rotatable bonds is 5. The summed E-state index contributed by atoms with van der Waals surface area (Å²) in [6, 6.07) is 0.774. The van der Waals surface area contributed by atoms with Gasteiger partial charge in [-0.05, 0) is 64.1 Å². The van der Waals surface area contributed by atoms with Crippen LogP contribution in [0.5, 0.6) is 0 Å². The standard InChI is InChI=1S/C18H34N2/c1-2-19-17(16-10-4-5-11-16)18(12-6-7-13-18)20-14-8-3-9-15-20/h16-17,19H,2-15H2,1H3. The number of likely N-dealkylation sites (N-methyl/N-ethyl adjacent to an activating group) is 1. The largest absolute Gasteiger partial charge is 0.312 e. The lowest BCUT2D eigenvalue weighted by Crippen LogP contribution is -2.63. The molecule has 1 heterocycles. The second kappa shape index (κ2) is 6.79. The van der Waals surface area contributed by atoms with Gasteiger partial charge in [-0.3, -0.25) is 4.90 Å². The molecule has 0 bridgehead atoms. The Labute approximate surface area is 125 Å². The predicted molar refractivity (Wildman–Crippen MR) is 86.0 cm³/mol. The summed E-state index contributed by atoms with van der Waals surface area (Å²) in [5.41, 5.74) is 0.519. The Morgan fingerprint density at radius 2 is 1.60 bits per heavy atom. The summed E-state index contributed by atoms with van der Waals surface area (Å²) in [5.74, 6) is 0.954. The quantitative estimate of drug-likeness (QED) is 0.819. The maximum absolute atomic E-state index is 3.96. The highest BCUT2D eigenvalue weighted by Crippen LogP contribution is 2.44. The molecular weight excluding hydrogens is 244 g/mol. The predicted octanol–water partition coefficient (Wildman–Crippen LogP) is 3.95. The summed E-state index contributed by atoms with van der Waals surface area (Å²) >= 11 is 0. The van der Waals surface area contributed by atoms with Crippen molar-refractivity contribution >= 4 is 0 Å². The number of likely N-dealkylation sites (tertiary alicyclic amines) is 1. The monoisotopic (exact) mass is 278 g/mol. The van der Waals surface area contributed by atoms with Crippen LogP contribution in [0.1, 0.15) is 77.6 Å². The van der Waals surface area contributed by atoms with Crippen molar-refractivity contribution in [1.82, 2.24) is 10.2 Å². The molecule has 2 saturated carbocycles. The van der Waals surface area contributed by atoms with Gasteiger partial charge in [0.2, 0.25) is 0 Å². The molecule has 2 nitrogen and oxygen atoms in total. The first-order valence-corrected chi connectivity index (χ1v) is 9.35. The van der Waals surface area contributed by atoms with Crippen LogP contribution < -0.4 is 5.32 Å². The van der Waals surface area contributed by atoms with E-state index in [-0.39, 0.29) is 0 Å². The van der Waals surface area contributed by atoms with E-state index in [0.29, 0.717) is 5.54 Å². The van der Waals surface area contributed by atoms with Crippen LogP contribution in [0, 0.1) is 5.92 Å². The molecule has 1 unspecified atom stereocenters. The average molecular weight is 278 g/mol. The molecule has 0 radical (unpaired) electrons. The van der Waals surface area contributed by atoms with Crippen LogP contribution in [-0.4, -0.2) is 36.1 Å². The van der Waals surface area contributed by atoms with Gasteiger partial charge < -0.3 is 5.32 Å². The number of piperidine rings is 1. The zero-order chi connectivity index (χ0) is 13.8. The van der Waals surface area contributed by atoms with E-state index in [0.717, 1.165) is 18.5 Å². The first-order valence-electron chi connectivity index (χ1n) is 9.35. The summed E-state index contributed by atoms with van der Waals surface area (Å²) in [4.78, 5) is 2.93. The lowest BCUT2D eigenvalue weighted by molar-refractivity contribution is 0.0181. The molecule has 3 fully saturated rings. The maximum atomic E-state index is 3.96. The van der Waals surface area contributed by atoms with Crippen molar-refractivity contribution in [3.8, 4) is 0 Å². The molecule has 1 atom stereocenters. The molecule has 1 saturated heterocycles. The minimum absolute atomic E-state index is 0.519. The van der Waals surface area contributed by atoms with Gasteiger partial charge in [-0.1, -0.05) is 39.0 Å². The Kier molecular flexibility index (Phi) is 5.04. The SMILES string of the molecule is CCNC(C1CCCC1)C1(N2CCCCC2)CCCC1. The fourth-order valence-electron chi connectivity index (χ4n) is 5.46. The molecule has 3 rings (SSSR count). The summed E-state index contributed by atoms with van der Waals surface area (Å²) in [5, 5.41) is 3.96. The van der Waals surface area contributed by atoms with E-state index in [1.54, 1.807) is 0 Å². The number of hydrogen-bond donors (Lipinski definition) is 1. The minimum atomic E-state index is 0.519. The lowest BCUT2D eigenvalue weighted by Gasteiger charge is -2.50. The van der Waals surface area contributed by atoms with Gasteiger partial charge >= 0.3 is 0 Å². The van der Waals surface area contributed by atoms with Crippen molar-refractivity contribution in [2.45, 2.75) is 89.1 Å². The van der Waals surface area contributed by atoms with E-state index in [2.05, 4.69) is 17.1 Å². The normalized spacial score (nSPS) is 29.9. The molecule has 0 aromatic heterocycles. The van der Waals surface area contributed by atoms with Crippen molar-refractivity contribution in [2.75, 3.05) is 19.6 Å². The van der Waals surface area contributed by atoms with E-state index < -0.39 is 0 Å². The fraction of sp³-hybridized carbons (Fsp3) is 1.00. The molecule has 3 aliphatic rings. The van der Waals surface area contributed by atoms with Crippen molar-refractivity contribution < 1.29 is 0 Å². The van der Waals surface area contributed by atoms with Crippen LogP contribution in [-0.2, 0) is 0 Å². The van der Waals surface area contributed by atoms with Crippen LogP contribution in [0.3, 0.4) is 0 Å². The third-order valence-electron chi connectivity index (χ3n) is 6.33. The van der Waals surface area contributed by atoms with Crippen LogP contribution in [0.2, 0.25) is 0 Å². The first-order chi connectivity index (χ1) is 9.87. The molecule has 2 heteroatoms. The molecule has 0 aromatic carbocycles. The minimum Gasteiger partial charge on any atom is -0.312 e. The number of nitrogens with zero attached hydrogens (tertiary/aromatic N) is 1. The summed E-state index contributed by atoms with van der Waals surface area (Å²) < 4.78 is 0. The third-order valence-corrected chi connectivity index (χ3v) is 6.33. The zero-order valence-electron chi connectivity index (χ0n) is 13.5. The summed E-state index contributed by atoms with van der Waals surface area (Å²) in [7, 11) is 0. The van der Waals surface area contributed by atoms with Crippen molar-refractivity contribution in [3.63, 3.8) is 0 Å². The Bertz CT molecular complexity index is 284. The van der Waals surface area contributed by atoms with Crippen molar-refractivity contribution in [2.24, 2.45) is 5.92 Å². The number of nitrogens with one attached hydrogen (secondary N) is 1. The fourth-order valence-corrected chi connectivity index (χ4v) is 5.46. The third kappa shape index (κ3) is 2.78. The highest BCUT2D eigenvalue weighted by atomic mass is 15.2. The highest BCUT2D eigenvalue weighted by Gasteiger charge is 2.48. The molecule has 1 aliphatic heterocycles. The smallest absolute Gasteiger partial charge is 0.0365 e. The van der Waals surface area contributed by atoms with E-state index >= 15 is 0 Å². The van der Waals surface area contributed by atoms with Gasteiger partial charge in [-0.25, -0.2) is 0 Å². The molecule has 2 aliphatic carbocycles. The zero-order valence-corrected chi connectivity index (χ0v) is 13.5. The summed E-state index contributed by atoms with van der Waals surface area (Å²) in [6.45, 7) is 6.20. The highest BCUT2D eigenvalue weighted by molar-refractivity contribution is 5.07. The van der Waals surface area contributed by atoms with Crippen molar-refractivity contribution in [1.29, 1.82) is 0 Å². The van der Waals surface area contributed by atoms with E-state index in [1.165, 1.54) is 83.7 Å². The van der Waals surface area contributed by atoms with Gasteiger partial charge in [0.1, 0.15) is 0 Å². The molecule has 20 heavy (non-hydrogen) atoms. The van der Waals surface area contributed by atoms with Gasteiger partial charge in [0, 0.05) is 11.6 Å². The van der Waals surface area contributed by atoms with E-state index in [4.69, 9.17) is 0 Å². The Morgan fingerprint density at radius 3 is 2.20 bits per heavy atom. The Morgan fingerprint density at radius 1 is 0.950 bits per heavy atom. The van der Waals surface area contributed by atoms with Gasteiger partial charge in [-0.2, -0.15) is 0 Å². The summed E-state index contributed by atoms with van der Waals surface area (Å²) in [6.07, 6.45) is 16.1. The van der Waals surface area contributed by atoms with Crippen LogP contribution in [0.4, 0.5) is 0 Å². The van der Waals surface area contributed by atoms with Crippen molar-refractivity contribution in [3.05, 3.63) is 0 Å². The lowest BCUT2D eigenvalue weighted by atomic mass is 9.77. The second-order valence-electron chi connectivity index (χ2n) is 7.44.